The van der Waals surface area contributed by atoms with Crippen LogP contribution in [0.5, 0.6) is 17.2 Å². The molecule has 200 valence electrons. The normalized spacial score (nSPS) is 16.1. The number of benzene rings is 3. The monoisotopic (exact) mass is 515 g/mol. The average Bonchev–Trinajstić information content (AvgIpc) is 3.25. The zero-order valence-electron chi connectivity index (χ0n) is 23.0. The van der Waals surface area contributed by atoms with Gasteiger partial charge >= 0.3 is 5.97 Å². The van der Waals surface area contributed by atoms with Gasteiger partial charge in [-0.2, -0.15) is 0 Å². The number of hydrogen-bond acceptors (Lipinski definition) is 5. The van der Waals surface area contributed by atoms with Crippen LogP contribution in [0.1, 0.15) is 56.0 Å². The molecule has 6 heteroatoms. The lowest BCUT2D eigenvalue weighted by Crippen LogP contribution is -2.38. The molecule has 1 aliphatic rings. The number of carbonyl (C=O) groups excluding carboxylic acids is 2. The predicted octanol–water partition coefficient (Wildman–Crippen LogP) is 6.76. The molecule has 3 aromatic rings. The van der Waals surface area contributed by atoms with Gasteiger partial charge in [0.15, 0.2) is 0 Å². The molecule has 0 aromatic heterocycles. The second-order valence-corrected chi connectivity index (χ2v) is 10.6. The summed E-state index contributed by atoms with van der Waals surface area (Å²) in [6.07, 6.45) is 3.48. The van der Waals surface area contributed by atoms with Crippen LogP contribution < -0.4 is 14.2 Å². The van der Waals surface area contributed by atoms with E-state index in [9.17, 15) is 9.59 Å². The van der Waals surface area contributed by atoms with Gasteiger partial charge in [0.25, 0.3) is 5.91 Å². The fourth-order valence-corrected chi connectivity index (χ4v) is 5.30. The summed E-state index contributed by atoms with van der Waals surface area (Å²) in [5.74, 6) is 1.98. The lowest BCUT2D eigenvalue weighted by atomic mass is 9.81. The number of methoxy groups -OCH3 is 2. The van der Waals surface area contributed by atoms with Crippen LogP contribution in [-0.2, 0) is 11.3 Å². The second kappa shape index (κ2) is 11.7. The van der Waals surface area contributed by atoms with E-state index in [1.165, 1.54) is 19.8 Å². The third-order valence-electron chi connectivity index (χ3n) is 7.62. The summed E-state index contributed by atoms with van der Waals surface area (Å²) < 4.78 is 16.2. The molecule has 0 radical (unpaired) electrons. The Morgan fingerprint density at radius 2 is 1.68 bits per heavy atom. The molecule has 0 bridgehead atoms. The van der Waals surface area contributed by atoms with Gasteiger partial charge in [-0.15, -0.1) is 0 Å². The second-order valence-electron chi connectivity index (χ2n) is 10.6. The molecule has 6 nitrogen and oxygen atoms in total. The minimum absolute atomic E-state index is 0.00853. The Morgan fingerprint density at radius 1 is 0.921 bits per heavy atom. The van der Waals surface area contributed by atoms with Crippen molar-refractivity contribution in [1.82, 2.24) is 4.90 Å². The first kappa shape index (κ1) is 27.2. The summed E-state index contributed by atoms with van der Waals surface area (Å²) in [6, 6.07) is 20.7. The Balaban J connectivity index is 1.60. The van der Waals surface area contributed by atoms with Crippen LogP contribution in [0.25, 0.3) is 11.1 Å². The van der Waals surface area contributed by atoms with Gasteiger partial charge in [-0.05, 0) is 71.7 Å². The van der Waals surface area contributed by atoms with Gasteiger partial charge in [0.05, 0.1) is 14.2 Å². The Labute approximate surface area is 225 Å². The summed E-state index contributed by atoms with van der Waals surface area (Å²) in [6.45, 7) is 7.13. The fourth-order valence-electron chi connectivity index (χ4n) is 5.30. The Bertz CT molecular complexity index is 1280. The van der Waals surface area contributed by atoms with E-state index in [2.05, 4.69) is 13.8 Å². The number of carbonyl (C=O) groups is 2. The highest BCUT2D eigenvalue weighted by atomic mass is 16.5. The van der Waals surface area contributed by atoms with E-state index >= 15 is 0 Å². The van der Waals surface area contributed by atoms with E-state index in [1.807, 2.05) is 65.6 Å². The third kappa shape index (κ3) is 6.36. The smallest absolute Gasteiger partial charge is 0.308 e. The van der Waals surface area contributed by atoms with Crippen LogP contribution in [0.3, 0.4) is 0 Å². The van der Waals surface area contributed by atoms with Crippen molar-refractivity contribution < 1.29 is 23.8 Å². The first-order chi connectivity index (χ1) is 18.2. The van der Waals surface area contributed by atoms with Gasteiger partial charge in [0, 0.05) is 37.2 Å². The minimum Gasteiger partial charge on any atom is -0.497 e. The molecule has 1 atom stereocenters. The van der Waals surface area contributed by atoms with Crippen LogP contribution in [0.15, 0.2) is 66.7 Å². The van der Waals surface area contributed by atoms with Crippen molar-refractivity contribution in [2.75, 3.05) is 20.8 Å². The van der Waals surface area contributed by atoms with E-state index in [1.54, 1.807) is 20.3 Å². The zero-order chi connectivity index (χ0) is 27.3. The van der Waals surface area contributed by atoms with Crippen molar-refractivity contribution in [2.45, 2.75) is 46.6 Å². The Hall–Kier alpha value is -3.80. The van der Waals surface area contributed by atoms with Crippen LogP contribution >= 0.6 is 0 Å². The summed E-state index contributed by atoms with van der Waals surface area (Å²) in [7, 11) is 3.27. The summed E-state index contributed by atoms with van der Waals surface area (Å²) >= 11 is 0. The Kier molecular flexibility index (Phi) is 8.40. The fraction of sp³-hybridized carbons (Fsp3) is 0.375. The molecule has 0 heterocycles. The van der Waals surface area contributed by atoms with E-state index in [-0.39, 0.29) is 17.3 Å². The molecule has 1 aliphatic carbocycles. The van der Waals surface area contributed by atoms with Crippen LogP contribution in [0.2, 0.25) is 0 Å². The van der Waals surface area contributed by atoms with Gasteiger partial charge < -0.3 is 19.1 Å². The number of amides is 1. The van der Waals surface area contributed by atoms with Crippen molar-refractivity contribution in [2.24, 2.45) is 11.3 Å². The molecular formula is C32H37NO5. The number of hydrogen-bond donors (Lipinski definition) is 0. The molecule has 38 heavy (non-hydrogen) atoms. The van der Waals surface area contributed by atoms with Crippen molar-refractivity contribution >= 4 is 11.9 Å². The van der Waals surface area contributed by atoms with Gasteiger partial charge in [0.2, 0.25) is 0 Å². The van der Waals surface area contributed by atoms with Gasteiger partial charge in [-0.1, -0.05) is 44.5 Å². The topological polar surface area (TPSA) is 65.1 Å². The molecule has 4 rings (SSSR count). The van der Waals surface area contributed by atoms with E-state index in [0.717, 1.165) is 23.1 Å². The van der Waals surface area contributed by atoms with Crippen molar-refractivity contribution in [3.05, 3.63) is 77.9 Å². The lowest BCUT2D eigenvalue weighted by Gasteiger charge is -2.33. The van der Waals surface area contributed by atoms with Crippen LogP contribution in [-0.4, -0.2) is 37.5 Å². The molecule has 0 saturated heterocycles. The number of rotatable bonds is 9. The zero-order valence-corrected chi connectivity index (χ0v) is 23.0. The van der Waals surface area contributed by atoms with Gasteiger partial charge in [-0.3, -0.25) is 9.59 Å². The number of ether oxygens (including phenoxy) is 3. The standard InChI is InChI=1S/C32H37NO5/c1-22(34)38-29-10-6-8-25(18-29)23-11-13-24(14-12-23)31(35)33(21-27-9-7-17-32(27,2)3)20-26-15-16-28(36-4)19-30(26)37-5/h6,8,10-16,18-19,27H,7,9,17,20-21H2,1-5H3. The highest BCUT2D eigenvalue weighted by Crippen LogP contribution is 2.43. The Morgan fingerprint density at radius 3 is 2.32 bits per heavy atom. The molecule has 1 saturated carbocycles. The highest BCUT2D eigenvalue weighted by molar-refractivity contribution is 5.94. The maximum Gasteiger partial charge on any atom is 0.308 e. The number of nitrogens with zero attached hydrogens (tertiary/aromatic N) is 1. The minimum atomic E-state index is -0.359. The molecule has 1 amide bonds. The molecule has 0 spiro atoms. The molecule has 3 aromatic carbocycles. The summed E-state index contributed by atoms with van der Waals surface area (Å²) in [5.41, 5.74) is 3.62. The highest BCUT2D eigenvalue weighted by Gasteiger charge is 2.36. The van der Waals surface area contributed by atoms with Crippen molar-refractivity contribution in [1.29, 1.82) is 0 Å². The summed E-state index contributed by atoms with van der Waals surface area (Å²) in [5, 5.41) is 0. The van der Waals surface area contributed by atoms with Crippen molar-refractivity contribution in [3.63, 3.8) is 0 Å². The van der Waals surface area contributed by atoms with E-state index in [0.29, 0.717) is 41.8 Å². The molecule has 0 aliphatic heterocycles. The first-order valence-electron chi connectivity index (χ1n) is 13.1. The van der Waals surface area contributed by atoms with Gasteiger partial charge in [-0.25, -0.2) is 0 Å². The predicted molar refractivity (Wildman–Crippen MR) is 149 cm³/mol. The third-order valence-corrected chi connectivity index (χ3v) is 7.62. The SMILES string of the molecule is COc1ccc(CN(CC2CCCC2(C)C)C(=O)c2ccc(-c3cccc(OC(C)=O)c3)cc2)c(OC)c1. The van der Waals surface area contributed by atoms with Crippen LogP contribution in [0, 0.1) is 11.3 Å². The first-order valence-corrected chi connectivity index (χ1v) is 13.1. The maximum absolute atomic E-state index is 13.9. The quantitative estimate of drug-likeness (QED) is 0.233. The summed E-state index contributed by atoms with van der Waals surface area (Å²) in [4.78, 5) is 27.2. The van der Waals surface area contributed by atoms with Crippen molar-refractivity contribution in [3.8, 4) is 28.4 Å². The lowest BCUT2D eigenvalue weighted by molar-refractivity contribution is -0.131. The molecule has 0 N–H and O–H groups in total. The molecule has 1 fully saturated rings. The largest absolute Gasteiger partial charge is 0.497 e. The average molecular weight is 516 g/mol. The molecule has 1 unspecified atom stereocenters. The number of esters is 1. The van der Waals surface area contributed by atoms with E-state index < -0.39 is 0 Å². The van der Waals surface area contributed by atoms with E-state index in [4.69, 9.17) is 14.2 Å². The van der Waals surface area contributed by atoms with Crippen LogP contribution in [0.4, 0.5) is 0 Å². The molecular weight excluding hydrogens is 478 g/mol. The maximum atomic E-state index is 13.9. The van der Waals surface area contributed by atoms with Gasteiger partial charge in [0.1, 0.15) is 17.2 Å².